The highest BCUT2D eigenvalue weighted by atomic mass is 19.2. The summed E-state index contributed by atoms with van der Waals surface area (Å²) >= 11 is 0. The fourth-order valence-corrected chi connectivity index (χ4v) is 1.56. The summed E-state index contributed by atoms with van der Waals surface area (Å²) in [5, 5.41) is 2.59. The molecule has 112 valence electrons. The molecule has 0 amide bonds. The largest absolute Gasteiger partial charge is 0.473 e. The highest BCUT2D eigenvalue weighted by molar-refractivity contribution is 5.72. The summed E-state index contributed by atoms with van der Waals surface area (Å²) in [6, 6.07) is 1.59. The van der Waals surface area contributed by atoms with Crippen LogP contribution in [0.3, 0.4) is 0 Å². The third-order valence-corrected chi connectivity index (χ3v) is 2.44. The second-order valence-corrected chi connectivity index (χ2v) is 4.49. The van der Waals surface area contributed by atoms with Crippen molar-refractivity contribution in [3.05, 3.63) is 35.9 Å². The third-order valence-electron chi connectivity index (χ3n) is 2.44. The van der Waals surface area contributed by atoms with Crippen LogP contribution in [0.1, 0.15) is 13.8 Å². The zero-order valence-corrected chi connectivity index (χ0v) is 11.3. The minimum atomic E-state index is -1.54. The molecule has 0 aliphatic heterocycles. The van der Waals surface area contributed by atoms with Crippen LogP contribution in [0.25, 0.3) is 0 Å². The smallest absolute Gasteiger partial charge is 0.242 e. The van der Waals surface area contributed by atoms with Crippen molar-refractivity contribution in [3.8, 4) is 5.88 Å². The van der Waals surface area contributed by atoms with Gasteiger partial charge >= 0.3 is 0 Å². The number of hydrogen-bond donors (Lipinski definition) is 2. The van der Waals surface area contributed by atoms with E-state index in [-0.39, 0.29) is 29.2 Å². The lowest BCUT2D eigenvalue weighted by Gasteiger charge is -2.13. The predicted octanol–water partition coefficient (Wildman–Crippen LogP) is 3.01. The Morgan fingerprint density at radius 2 is 1.76 bits per heavy atom. The molecule has 1 aromatic carbocycles. The van der Waals surface area contributed by atoms with Crippen molar-refractivity contribution in [2.45, 2.75) is 20.0 Å². The summed E-state index contributed by atoms with van der Waals surface area (Å²) in [5.74, 6) is -3.93. The Balaban J connectivity index is 2.32. The maximum absolute atomic E-state index is 13.2. The molecule has 0 spiro atoms. The van der Waals surface area contributed by atoms with Crippen LogP contribution in [0, 0.1) is 17.5 Å². The van der Waals surface area contributed by atoms with E-state index in [4.69, 9.17) is 10.5 Å². The average molecular weight is 298 g/mol. The Labute approximate surface area is 119 Å². The number of anilines is 3. The Hall–Kier alpha value is -2.51. The zero-order chi connectivity index (χ0) is 15.6. The summed E-state index contributed by atoms with van der Waals surface area (Å²) in [7, 11) is 0. The van der Waals surface area contributed by atoms with Crippen LogP contribution < -0.4 is 15.8 Å². The molecule has 0 aliphatic carbocycles. The van der Waals surface area contributed by atoms with E-state index in [0.29, 0.717) is 0 Å². The Morgan fingerprint density at radius 1 is 1.14 bits per heavy atom. The molecule has 0 atom stereocenters. The first kappa shape index (κ1) is 14.9. The van der Waals surface area contributed by atoms with Crippen molar-refractivity contribution in [2.75, 3.05) is 11.1 Å². The molecule has 2 rings (SSSR count). The summed E-state index contributed by atoms with van der Waals surface area (Å²) in [4.78, 5) is 7.72. The highest BCUT2D eigenvalue weighted by Gasteiger charge is 2.14. The van der Waals surface area contributed by atoms with E-state index in [0.717, 1.165) is 12.1 Å². The molecule has 2 aromatic rings. The van der Waals surface area contributed by atoms with Gasteiger partial charge in [0.15, 0.2) is 23.3 Å². The monoisotopic (exact) mass is 298 g/mol. The molecule has 8 heteroatoms. The number of benzene rings is 1. The Morgan fingerprint density at radius 3 is 2.33 bits per heavy atom. The molecule has 1 aromatic heterocycles. The molecule has 21 heavy (non-hydrogen) atoms. The van der Waals surface area contributed by atoms with Gasteiger partial charge in [-0.25, -0.2) is 18.2 Å². The van der Waals surface area contributed by atoms with Crippen molar-refractivity contribution < 1.29 is 17.9 Å². The quantitative estimate of drug-likeness (QED) is 0.849. The molecule has 0 aliphatic rings. The maximum atomic E-state index is 13.2. The zero-order valence-electron chi connectivity index (χ0n) is 11.3. The number of nitrogens with zero attached hydrogens (tertiary/aromatic N) is 2. The first-order valence-corrected chi connectivity index (χ1v) is 6.07. The van der Waals surface area contributed by atoms with Crippen molar-refractivity contribution in [1.82, 2.24) is 9.97 Å². The lowest BCUT2D eigenvalue weighted by Crippen LogP contribution is -2.11. The van der Waals surface area contributed by atoms with Gasteiger partial charge in [0.25, 0.3) is 0 Å². The standard InChI is InChI=1S/C13H13F3N4O/c1-6(2)21-13-11(17)12(18-5-19-13)20-7-3-8(14)10(16)9(15)4-7/h3-6H,17H2,1-2H3,(H,18,19,20). The fourth-order valence-electron chi connectivity index (χ4n) is 1.56. The van der Waals surface area contributed by atoms with Crippen LogP contribution in [-0.2, 0) is 0 Å². The first-order valence-electron chi connectivity index (χ1n) is 6.07. The van der Waals surface area contributed by atoms with Crippen LogP contribution in [0.4, 0.5) is 30.4 Å². The average Bonchev–Trinajstić information content (AvgIpc) is 2.40. The molecule has 0 fully saturated rings. The number of halogens is 3. The van der Waals surface area contributed by atoms with E-state index in [1.165, 1.54) is 6.33 Å². The normalized spacial score (nSPS) is 10.8. The molecular weight excluding hydrogens is 285 g/mol. The molecule has 0 saturated heterocycles. The van der Waals surface area contributed by atoms with Crippen molar-refractivity contribution in [1.29, 1.82) is 0 Å². The van der Waals surface area contributed by atoms with E-state index in [2.05, 4.69) is 15.3 Å². The summed E-state index contributed by atoms with van der Waals surface area (Å²) in [6.45, 7) is 3.58. The molecule has 0 unspecified atom stereocenters. The molecule has 0 bridgehead atoms. The number of aromatic nitrogens is 2. The number of ether oxygens (including phenoxy) is 1. The van der Waals surface area contributed by atoms with E-state index in [9.17, 15) is 13.2 Å². The minimum absolute atomic E-state index is 0.0349. The van der Waals surface area contributed by atoms with Gasteiger partial charge in [-0.15, -0.1) is 0 Å². The minimum Gasteiger partial charge on any atom is -0.473 e. The van der Waals surface area contributed by atoms with E-state index >= 15 is 0 Å². The van der Waals surface area contributed by atoms with Gasteiger partial charge in [0.05, 0.1) is 6.10 Å². The number of rotatable bonds is 4. The lowest BCUT2D eigenvalue weighted by molar-refractivity contribution is 0.234. The molecule has 3 N–H and O–H groups in total. The maximum Gasteiger partial charge on any atom is 0.242 e. The molecule has 0 saturated carbocycles. The van der Waals surface area contributed by atoms with E-state index < -0.39 is 17.5 Å². The number of nitrogens with one attached hydrogen (secondary N) is 1. The van der Waals surface area contributed by atoms with Crippen LogP contribution in [0.15, 0.2) is 18.5 Å². The van der Waals surface area contributed by atoms with Crippen LogP contribution in [0.2, 0.25) is 0 Å². The molecule has 1 heterocycles. The second kappa shape index (κ2) is 5.86. The second-order valence-electron chi connectivity index (χ2n) is 4.49. The van der Waals surface area contributed by atoms with Crippen molar-refractivity contribution in [2.24, 2.45) is 0 Å². The highest BCUT2D eigenvalue weighted by Crippen LogP contribution is 2.29. The van der Waals surface area contributed by atoms with Gasteiger partial charge in [0, 0.05) is 17.8 Å². The number of nitrogens with two attached hydrogens (primary N) is 1. The Kier molecular flexibility index (Phi) is 4.15. The van der Waals surface area contributed by atoms with Crippen LogP contribution in [-0.4, -0.2) is 16.1 Å². The topological polar surface area (TPSA) is 73.1 Å². The Bertz CT molecular complexity index is 641. The number of nitrogen functional groups attached to an aromatic ring is 1. The molecule has 5 nitrogen and oxygen atoms in total. The van der Waals surface area contributed by atoms with Crippen molar-refractivity contribution >= 4 is 17.2 Å². The molecular formula is C13H13F3N4O. The van der Waals surface area contributed by atoms with Gasteiger partial charge in [-0.1, -0.05) is 0 Å². The van der Waals surface area contributed by atoms with Crippen LogP contribution in [0.5, 0.6) is 5.88 Å². The lowest BCUT2D eigenvalue weighted by atomic mass is 10.3. The SMILES string of the molecule is CC(C)Oc1ncnc(Nc2cc(F)c(F)c(F)c2)c1N. The summed E-state index contributed by atoms with van der Waals surface area (Å²) in [5.41, 5.74) is 5.86. The van der Waals surface area contributed by atoms with Gasteiger partial charge in [-0.05, 0) is 13.8 Å². The molecule has 0 radical (unpaired) electrons. The van der Waals surface area contributed by atoms with Gasteiger partial charge in [0.1, 0.15) is 12.0 Å². The van der Waals surface area contributed by atoms with Gasteiger partial charge in [-0.3, -0.25) is 0 Å². The summed E-state index contributed by atoms with van der Waals surface area (Å²) in [6.07, 6.45) is 1.03. The van der Waals surface area contributed by atoms with Gasteiger partial charge in [0.2, 0.25) is 5.88 Å². The first-order chi connectivity index (χ1) is 9.88. The third kappa shape index (κ3) is 3.33. The van der Waals surface area contributed by atoms with Crippen LogP contribution >= 0.6 is 0 Å². The van der Waals surface area contributed by atoms with Gasteiger partial charge in [-0.2, -0.15) is 4.98 Å². The fraction of sp³-hybridized carbons (Fsp3) is 0.231. The number of hydrogen-bond acceptors (Lipinski definition) is 5. The van der Waals surface area contributed by atoms with Crippen molar-refractivity contribution in [3.63, 3.8) is 0 Å². The van der Waals surface area contributed by atoms with Gasteiger partial charge < -0.3 is 15.8 Å². The summed E-state index contributed by atoms with van der Waals surface area (Å²) < 4.78 is 44.6. The van der Waals surface area contributed by atoms with E-state index in [1.54, 1.807) is 13.8 Å². The van der Waals surface area contributed by atoms with E-state index in [1.807, 2.05) is 0 Å². The predicted molar refractivity (Wildman–Crippen MR) is 71.8 cm³/mol.